The fourth-order valence-electron chi connectivity index (χ4n) is 2.49. The van der Waals surface area contributed by atoms with Crippen LogP contribution in [-0.4, -0.2) is 9.55 Å². The second-order valence-electron chi connectivity index (χ2n) is 4.95. The van der Waals surface area contributed by atoms with E-state index < -0.39 is 0 Å². The molecule has 0 bridgehead atoms. The second-order valence-corrected chi connectivity index (χ2v) is 5.34. The number of nitrogens with one attached hydrogen (secondary N) is 1. The summed E-state index contributed by atoms with van der Waals surface area (Å²) < 4.78 is 2.87. The van der Waals surface area contributed by atoms with Crippen LogP contribution in [0.15, 0.2) is 36.4 Å². The minimum absolute atomic E-state index is 0.748. The van der Waals surface area contributed by atoms with Crippen molar-refractivity contribution in [3.63, 3.8) is 0 Å². The molecule has 0 radical (unpaired) electrons. The summed E-state index contributed by atoms with van der Waals surface area (Å²) in [4.78, 5) is 3.32. The lowest BCUT2D eigenvalue weighted by molar-refractivity contribution is 1.04. The molecule has 0 spiro atoms. The smallest absolute Gasteiger partial charge is 0.182 e. The molecule has 0 aliphatic rings. The van der Waals surface area contributed by atoms with Crippen molar-refractivity contribution in [1.29, 1.82) is 0 Å². The van der Waals surface area contributed by atoms with Crippen LogP contribution >= 0.6 is 12.2 Å². The lowest BCUT2D eigenvalue weighted by Gasteiger charge is -2.10. The number of hydrogen-bond acceptors (Lipinski definition) is 1. The van der Waals surface area contributed by atoms with Gasteiger partial charge in [-0.2, -0.15) is 0 Å². The Bertz CT molecular complexity index is 824. The minimum atomic E-state index is 0.748. The van der Waals surface area contributed by atoms with Crippen LogP contribution in [0.25, 0.3) is 16.7 Å². The minimum Gasteiger partial charge on any atom is -0.330 e. The Kier molecular flexibility index (Phi) is 2.79. The average Bonchev–Trinajstić information content (AvgIpc) is 2.71. The van der Waals surface area contributed by atoms with Crippen LogP contribution in [0.2, 0.25) is 0 Å². The molecule has 96 valence electrons. The summed E-state index contributed by atoms with van der Waals surface area (Å²) in [7, 11) is 0. The van der Waals surface area contributed by atoms with E-state index in [4.69, 9.17) is 12.2 Å². The van der Waals surface area contributed by atoms with Gasteiger partial charge in [0, 0.05) is 0 Å². The molecule has 3 heteroatoms. The van der Waals surface area contributed by atoms with E-state index in [0.29, 0.717) is 0 Å². The van der Waals surface area contributed by atoms with Gasteiger partial charge in [0.2, 0.25) is 0 Å². The highest BCUT2D eigenvalue weighted by atomic mass is 32.1. The van der Waals surface area contributed by atoms with E-state index >= 15 is 0 Å². The fourth-order valence-corrected chi connectivity index (χ4v) is 2.79. The zero-order chi connectivity index (χ0) is 13.6. The summed E-state index contributed by atoms with van der Waals surface area (Å²) in [6.45, 7) is 6.37. The van der Waals surface area contributed by atoms with Crippen molar-refractivity contribution >= 4 is 23.3 Å². The van der Waals surface area contributed by atoms with Crippen molar-refractivity contribution in [3.05, 3.63) is 57.9 Å². The SMILES string of the molecule is Cc1cccc(-n2c(=S)[nH]c3c(C)cccc32)c1C. The number of H-pyrrole nitrogens is 1. The third-order valence-electron chi connectivity index (χ3n) is 3.74. The molecule has 0 amide bonds. The third-order valence-corrected chi connectivity index (χ3v) is 4.03. The van der Waals surface area contributed by atoms with E-state index in [0.717, 1.165) is 21.5 Å². The predicted octanol–water partition coefficient (Wildman–Crippen LogP) is 4.61. The van der Waals surface area contributed by atoms with Gasteiger partial charge in [-0.25, -0.2) is 0 Å². The van der Waals surface area contributed by atoms with Gasteiger partial charge in [0.15, 0.2) is 4.77 Å². The Morgan fingerprint density at radius 3 is 2.42 bits per heavy atom. The molecule has 2 aromatic carbocycles. The lowest BCUT2D eigenvalue weighted by atomic mass is 10.1. The van der Waals surface area contributed by atoms with Crippen LogP contribution in [0.3, 0.4) is 0 Å². The zero-order valence-corrected chi connectivity index (χ0v) is 12.1. The summed E-state index contributed by atoms with van der Waals surface area (Å²) in [6, 6.07) is 12.6. The van der Waals surface area contributed by atoms with E-state index in [1.807, 2.05) is 0 Å². The van der Waals surface area contributed by atoms with Crippen molar-refractivity contribution in [3.8, 4) is 5.69 Å². The van der Waals surface area contributed by atoms with E-state index in [-0.39, 0.29) is 0 Å². The van der Waals surface area contributed by atoms with Crippen LogP contribution in [0.4, 0.5) is 0 Å². The molecule has 1 N–H and O–H groups in total. The number of hydrogen-bond donors (Lipinski definition) is 1. The van der Waals surface area contributed by atoms with Crippen molar-refractivity contribution < 1.29 is 0 Å². The molecule has 0 fully saturated rings. The van der Waals surface area contributed by atoms with Gasteiger partial charge >= 0.3 is 0 Å². The number of rotatable bonds is 1. The summed E-state index contributed by atoms with van der Waals surface area (Å²) in [5, 5.41) is 0. The Morgan fingerprint density at radius 1 is 0.947 bits per heavy atom. The van der Waals surface area contributed by atoms with E-state index in [1.54, 1.807) is 0 Å². The maximum Gasteiger partial charge on any atom is 0.182 e. The summed E-state index contributed by atoms with van der Waals surface area (Å²) >= 11 is 5.50. The zero-order valence-electron chi connectivity index (χ0n) is 11.3. The molecule has 0 aliphatic heterocycles. The Labute approximate surface area is 117 Å². The van der Waals surface area contributed by atoms with Crippen LogP contribution < -0.4 is 0 Å². The average molecular weight is 268 g/mol. The summed E-state index contributed by atoms with van der Waals surface area (Å²) in [5.41, 5.74) is 7.17. The number of nitrogens with zero attached hydrogens (tertiary/aromatic N) is 1. The molecule has 19 heavy (non-hydrogen) atoms. The van der Waals surface area contributed by atoms with Gasteiger partial charge in [0.05, 0.1) is 16.7 Å². The molecule has 3 aromatic rings. The molecule has 0 saturated carbocycles. The maximum absolute atomic E-state index is 5.50. The first-order valence-electron chi connectivity index (χ1n) is 6.36. The topological polar surface area (TPSA) is 20.7 Å². The molecular weight excluding hydrogens is 252 g/mol. The Morgan fingerprint density at radius 2 is 1.63 bits per heavy atom. The normalized spacial score (nSPS) is 11.1. The first kappa shape index (κ1) is 12.2. The molecule has 3 rings (SSSR count). The maximum atomic E-state index is 5.50. The van der Waals surface area contributed by atoms with Crippen molar-refractivity contribution in [2.75, 3.05) is 0 Å². The molecule has 2 nitrogen and oxygen atoms in total. The van der Waals surface area contributed by atoms with Crippen LogP contribution in [0.1, 0.15) is 16.7 Å². The highest BCUT2D eigenvalue weighted by molar-refractivity contribution is 7.71. The van der Waals surface area contributed by atoms with Gasteiger partial charge < -0.3 is 4.98 Å². The lowest BCUT2D eigenvalue weighted by Crippen LogP contribution is -1.98. The van der Waals surface area contributed by atoms with E-state index in [9.17, 15) is 0 Å². The molecule has 0 aliphatic carbocycles. The largest absolute Gasteiger partial charge is 0.330 e. The first-order chi connectivity index (χ1) is 9.09. The van der Waals surface area contributed by atoms with Crippen LogP contribution in [0, 0.1) is 25.5 Å². The number of benzene rings is 2. The Balaban J connectivity index is 2.44. The van der Waals surface area contributed by atoms with Gasteiger partial charge in [0.1, 0.15) is 0 Å². The number of aromatic nitrogens is 2. The number of fused-ring (bicyclic) bond motifs is 1. The molecule has 0 saturated heterocycles. The van der Waals surface area contributed by atoms with Crippen molar-refractivity contribution in [2.45, 2.75) is 20.8 Å². The fraction of sp³-hybridized carbons (Fsp3) is 0.188. The highest BCUT2D eigenvalue weighted by Gasteiger charge is 2.10. The monoisotopic (exact) mass is 268 g/mol. The van der Waals surface area contributed by atoms with Gasteiger partial charge in [-0.05, 0) is 61.8 Å². The Hall–Kier alpha value is -1.87. The second kappa shape index (κ2) is 4.35. The quantitative estimate of drug-likeness (QED) is 0.639. The number of aryl methyl sites for hydroxylation is 2. The van der Waals surface area contributed by atoms with Crippen LogP contribution in [-0.2, 0) is 0 Å². The predicted molar refractivity (Wildman–Crippen MR) is 82.7 cm³/mol. The molecule has 0 unspecified atom stereocenters. The van der Waals surface area contributed by atoms with Gasteiger partial charge in [-0.15, -0.1) is 0 Å². The van der Waals surface area contributed by atoms with Gasteiger partial charge in [0.25, 0.3) is 0 Å². The van der Waals surface area contributed by atoms with Crippen molar-refractivity contribution in [2.24, 2.45) is 0 Å². The van der Waals surface area contributed by atoms with Gasteiger partial charge in [-0.1, -0.05) is 24.3 Å². The van der Waals surface area contributed by atoms with E-state index in [1.165, 1.54) is 16.7 Å². The van der Waals surface area contributed by atoms with Crippen LogP contribution in [0.5, 0.6) is 0 Å². The molecule has 1 heterocycles. The highest BCUT2D eigenvalue weighted by Crippen LogP contribution is 2.25. The summed E-state index contributed by atoms with van der Waals surface area (Å²) in [6.07, 6.45) is 0. The number of imidazole rings is 1. The molecule has 1 aromatic heterocycles. The molecular formula is C16H16N2S. The van der Waals surface area contributed by atoms with Gasteiger partial charge in [-0.3, -0.25) is 4.57 Å². The van der Waals surface area contributed by atoms with E-state index in [2.05, 4.69) is 66.7 Å². The standard InChI is InChI=1S/C16H16N2S/c1-10-6-4-8-13(12(10)3)18-14-9-5-7-11(2)15(14)17-16(18)19/h4-9H,1-3H3,(H,17,19). The first-order valence-corrected chi connectivity index (χ1v) is 6.77. The molecule has 0 atom stereocenters. The summed E-state index contributed by atoms with van der Waals surface area (Å²) in [5.74, 6) is 0. The third kappa shape index (κ3) is 1.81. The number of para-hydroxylation sites is 1. The number of aromatic amines is 1. The van der Waals surface area contributed by atoms with Crippen molar-refractivity contribution in [1.82, 2.24) is 9.55 Å².